The van der Waals surface area contributed by atoms with E-state index >= 15 is 0 Å². The van der Waals surface area contributed by atoms with Crippen LogP contribution in [0, 0.1) is 11.3 Å². The molecule has 110 valence electrons. The first kappa shape index (κ1) is 13.7. The smallest absolute Gasteiger partial charge is 0.219 e. The van der Waals surface area contributed by atoms with E-state index in [2.05, 4.69) is 25.9 Å². The highest BCUT2D eigenvalue weighted by atomic mass is 16.5. The molecule has 1 saturated heterocycles. The van der Waals surface area contributed by atoms with Crippen molar-refractivity contribution in [2.75, 3.05) is 13.1 Å². The normalized spacial score (nSPS) is 32.2. The van der Waals surface area contributed by atoms with E-state index in [0.29, 0.717) is 5.92 Å². The first-order chi connectivity index (χ1) is 9.34. The maximum absolute atomic E-state index is 11.8. The van der Waals surface area contributed by atoms with Crippen LogP contribution in [0.25, 0.3) is 0 Å². The first-order valence-electron chi connectivity index (χ1n) is 7.54. The standard InChI is InChI=1S/C16H24N2O2/c1-11(19)18-7-5-6-13-15(2,3)14-12(9-17-20-14)8-16(13,4)10-18/h9,13H,5-8,10H2,1-4H3/t13-,16+/m0/s1. The van der Waals surface area contributed by atoms with Gasteiger partial charge in [-0.25, -0.2) is 0 Å². The average Bonchev–Trinajstić information content (AvgIpc) is 2.72. The molecule has 1 amide bonds. The molecule has 0 N–H and O–H groups in total. The molecular weight excluding hydrogens is 252 g/mol. The molecule has 1 aromatic rings. The lowest BCUT2D eigenvalue weighted by molar-refractivity contribution is -0.130. The fourth-order valence-electron chi connectivity index (χ4n) is 4.65. The molecule has 3 rings (SSSR count). The molecule has 0 saturated carbocycles. The van der Waals surface area contributed by atoms with E-state index in [4.69, 9.17) is 4.52 Å². The molecule has 1 aliphatic carbocycles. The van der Waals surface area contributed by atoms with Gasteiger partial charge in [0.05, 0.1) is 6.20 Å². The van der Waals surface area contributed by atoms with Crippen molar-refractivity contribution in [3.8, 4) is 0 Å². The lowest BCUT2D eigenvalue weighted by Crippen LogP contribution is -2.50. The Hall–Kier alpha value is -1.32. The molecule has 0 aromatic carbocycles. The number of rotatable bonds is 0. The van der Waals surface area contributed by atoms with E-state index in [1.165, 1.54) is 5.56 Å². The van der Waals surface area contributed by atoms with Crippen molar-refractivity contribution >= 4 is 5.91 Å². The molecule has 0 bridgehead atoms. The predicted octanol–water partition coefficient (Wildman–Crippen LogP) is 2.77. The zero-order chi connectivity index (χ0) is 14.5. The van der Waals surface area contributed by atoms with Crippen LogP contribution in [0.4, 0.5) is 0 Å². The average molecular weight is 276 g/mol. The molecule has 20 heavy (non-hydrogen) atoms. The summed E-state index contributed by atoms with van der Waals surface area (Å²) in [5, 5.41) is 4.01. The third-order valence-corrected chi connectivity index (χ3v) is 5.45. The Morgan fingerprint density at radius 2 is 2.20 bits per heavy atom. The van der Waals surface area contributed by atoms with E-state index in [-0.39, 0.29) is 16.7 Å². The summed E-state index contributed by atoms with van der Waals surface area (Å²) in [7, 11) is 0. The number of hydrogen-bond donors (Lipinski definition) is 0. The number of aromatic nitrogens is 1. The molecule has 4 nitrogen and oxygen atoms in total. The van der Waals surface area contributed by atoms with Gasteiger partial charge in [0, 0.05) is 31.0 Å². The quantitative estimate of drug-likeness (QED) is 0.732. The molecule has 1 aromatic heterocycles. The number of carbonyl (C=O) groups excluding carboxylic acids is 1. The number of carbonyl (C=O) groups is 1. The fourth-order valence-corrected chi connectivity index (χ4v) is 4.65. The van der Waals surface area contributed by atoms with Gasteiger partial charge in [-0.15, -0.1) is 0 Å². The topological polar surface area (TPSA) is 46.3 Å². The SMILES string of the molecule is CC(=O)N1CCC[C@H]2C(C)(C)c3oncc3C[C@]2(C)C1. The minimum absolute atomic E-state index is 0.00830. The van der Waals surface area contributed by atoms with Gasteiger partial charge in [-0.3, -0.25) is 4.79 Å². The monoisotopic (exact) mass is 276 g/mol. The van der Waals surface area contributed by atoms with Gasteiger partial charge < -0.3 is 9.42 Å². The highest BCUT2D eigenvalue weighted by Gasteiger charge is 2.52. The maximum Gasteiger partial charge on any atom is 0.219 e. The van der Waals surface area contributed by atoms with Crippen LogP contribution < -0.4 is 0 Å². The van der Waals surface area contributed by atoms with Crippen molar-refractivity contribution in [1.82, 2.24) is 10.1 Å². The molecular formula is C16H24N2O2. The molecule has 2 heterocycles. The van der Waals surface area contributed by atoms with Gasteiger partial charge in [0.25, 0.3) is 0 Å². The number of hydrogen-bond acceptors (Lipinski definition) is 3. The Morgan fingerprint density at radius 1 is 1.45 bits per heavy atom. The third-order valence-electron chi connectivity index (χ3n) is 5.45. The maximum atomic E-state index is 11.8. The summed E-state index contributed by atoms with van der Waals surface area (Å²) in [6.45, 7) is 10.3. The third kappa shape index (κ3) is 1.88. The van der Waals surface area contributed by atoms with E-state index in [1.807, 2.05) is 11.1 Å². The van der Waals surface area contributed by atoms with Crippen LogP contribution in [0.1, 0.15) is 51.9 Å². The van der Waals surface area contributed by atoms with Crippen LogP contribution in [-0.4, -0.2) is 29.1 Å². The van der Waals surface area contributed by atoms with Gasteiger partial charge in [0.1, 0.15) is 5.76 Å². The molecule has 1 fully saturated rings. The zero-order valence-electron chi connectivity index (χ0n) is 12.9. The summed E-state index contributed by atoms with van der Waals surface area (Å²) in [6.07, 6.45) is 5.05. The minimum atomic E-state index is -0.00830. The Balaban J connectivity index is 2.03. The van der Waals surface area contributed by atoms with E-state index < -0.39 is 0 Å². The molecule has 0 radical (unpaired) electrons. The predicted molar refractivity (Wildman–Crippen MR) is 76.3 cm³/mol. The molecule has 4 heteroatoms. The van der Waals surface area contributed by atoms with E-state index in [1.54, 1.807) is 6.92 Å². The van der Waals surface area contributed by atoms with Crippen molar-refractivity contribution in [3.63, 3.8) is 0 Å². The van der Waals surface area contributed by atoms with Crippen LogP contribution >= 0.6 is 0 Å². The highest BCUT2D eigenvalue weighted by molar-refractivity contribution is 5.73. The van der Waals surface area contributed by atoms with E-state index in [0.717, 1.165) is 38.1 Å². The largest absolute Gasteiger partial charge is 0.361 e. The van der Waals surface area contributed by atoms with Crippen molar-refractivity contribution < 1.29 is 9.32 Å². The fraction of sp³-hybridized carbons (Fsp3) is 0.750. The van der Waals surface area contributed by atoms with Crippen LogP contribution in [0.15, 0.2) is 10.7 Å². The first-order valence-corrected chi connectivity index (χ1v) is 7.54. The Morgan fingerprint density at radius 3 is 2.90 bits per heavy atom. The Bertz CT molecular complexity index is 534. The molecule has 2 atom stereocenters. The molecule has 0 spiro atoms. The summed E-state index contributed by atoms with van der Waals surface area (Å²) in [5.41, 5.74) is 1.33. The van der Waals surface area contributed by atoms with Crippen molar-refractivity contribution in [2.24, 2.45) is 11.3 Å². The van der Waals surface area contributed by atoms with Crippen LogP contribution in [0.2, 0.25) is 0 Å². The number of likely N-dealkylation sites (tertiary alicyclic amines) is 1. The van der Waals surface area contributed by atoms with Gasteiger partial charge in [-0.2, -0.15) is 0 Å². The molecule has 1 aliphatic heterocycles. The second-order valence-corrected chi connectivity index (χ2v) is 7.37. The molecule has 0 unspecified atom stereocenters. The molecule has 2 aliphatic rings. The number of nitrogens with zero attached hydrogens (tertiary/aromatic N) is 2. The summed E-state index contributed by atoms with van der Waals surface area (Å²) in [4.78, 5) is 13.8. The van der Waals surface area contributed by atoms with Gasteiger partial charge >= 0.3 is 0 Å². The lowest BCUT2D eigenvalue weighted by atomic mass is 9.55. The van der Waals surface area contributed by atoms with Gasteiger partial charge in [-0.05, 0) is 30.6 Å². The zero-order valence-corrected chi connectivity index (χ0v) is 12.9. The van der Waals surface area contributed by atoms with Gasteiger partial charge in [-0.1, -0.05) is 25.9 Å². The van der Waals surface area contributed by atoms with Gasteiger partial charge in [0.15, 0.2) is 0 Å². The van der Waals surface area contributed by atoms with Crippen LogP contribution in [0.3, 0.4) is 0 Å². The van der Waals surface area contributed by atoms with Crippen LogP contribution in [-0.2, 0) is 16.6 Å². The summed E-state index contributed by atoms with van der Waals surface area (Å²) in [5.74, 6) is 1.77. The second-order valence-electron chi connectivity index (χ2n) is 7.37. The Kier molecular flexibility index (Phi) is 2.96. The summed E-state index contributed by atoms with van der Waals surface area (Å²) >= 11 is 0. The number of fused-ring (bicyclic) bond motifs is 2. The van der Waals surface area contributed by atoms with Crippen LogP contribution in [0.5, 0.6) is 0 Å². The Labute approximate surface area is 120 Å². The van der Waals surface area contributed by atoms with Gasteiger partial charge in [0.2, 0.25) is 5.91 Å². The number of amides is 1. The van der Waals surface area contributed by atoms with Crippen molar-refractivity contribution in [2.45, 2.75) is 52.4 Å². The second kappa shape index (κ2) is 4.34. The van der Waals surface area contributed by atoms with Crippen molar-refractivity contribution in [1.29, 1.82) is 0 Å². The lowest BCUT2D eigenvalue weighted by Gasteiger charge is -2.49. The van der Waals surface area contributed by atoms with E-state index in [9.17, 15) is 4.79 Å². The summed E-state index contributed by atoms with van der Waals surface area (Å²) in [6, 6.07) is 0. The highest BCUT2D eigenvalue weighted by Crippen LogP contribution is 2.53. The minimum Gasteiger partial charge on any atom is -0.361 e. The van der Waals surface area contributed by atoms with Crippen molar-refractivity contribution in [3.05, 3.63) is 17.5 Å². The summed E-state index contributed by atoms with van der Waals surface area (Å²) < 4.78 is 5.55.